The van der Waals surface area contributed by atoms with Crippen molar-refractivity contribution >= 4 is 17.7 Å². The molecule has 31 heavy (non-hydrogen) atoms. The number of anilines is 1. The van der Waals surface area contributed by atoms with Crippen molar-refractivity contribution in [2.45, 2.75) is 13.8 Å². The van der Waals surface area contributed by atoms with Gasteiger partial charge in [-0.15, -0.1) is 0 Å². The molecule has 0 aromatic heterocycles. The molecule has 0 fully saturated rings. The molecular weight excluding hydrogens is 390 g/mol. The molecule has 0 bridgehead atoms. The summed E-state index contributed by atoms with van der Waals surface area (Å²) in [6.07, 6.45) is 3.25. The fraction of sp³-hybridized carbons (Fsp3) is 0.192. The van der Waals surface area contributed by atoms with Gasteiger partial charge in [0.05, 0.1) is 6.61 Å². The maximum Gasteiger partial charge on any atom is 0.248 e. The quantitative estimate of drug-likeness (QED) is 0.349. The van der Waals surface area contributed by atoms with E-state index in [1.165, 1.54) is 6.08 Å². The lowest BCUT2D eigenvalue weighted by atomic mass is 10.1. The monoisotopic (exact) mass is 417 g/mol. The Morgan fingerprint density at radius 3 is 2.39 bits per heavy atom. The molecule has 160 valence electrons. The molecule has 0 aliphatic rings. The van der Waals surface area contributed by atoms with Crippen molar-refractivity contribution in [2.24, 2.45) is 0 Å². The second kappa shape index (κ2) is 11.5. The summed E-state index contributed by atoms with van der Waals surface area (Å²) in [5.41, 5.74) is 2.66. The summed E-state index contributed by atoms with van der Waals surface area (Å²) in [6, 6.07) is 22.9. The molecule has 0 saturated heterocycles. The van der Waals surface area contributed by atoms with Crippen LogP contribution in [0.15, 0.2) is 78.9 Å². The Kier molecular flexibility index (Phi) is 8.12. The van der Waals surface area contributed by atoms with Crippen LogP contribution in [0.4, 0.5) is 5.69 Å². The van der Waals surface area contributed by atoms with Gasteiger partial charge < -0.3 is 19.5 Å². The van der Waals surface area contributed by atoms with Crippen LogP contribution in [-0.4, -0.2) is 25.7 Å². The Balaban J connectivity index is 1.57. The summed E-state index contributed by atoms with van der Waals surface area (Å²) < 4.78 is 17.2. The molecule has 3 rings (SSSR count). The molecule has 0 aliphatic carbocycles. The molecule has 0 saturated carbocycles. The number of aryl methyl sites for hydroxylation is 1. The summed E-state index contributed by atoms with van der Waals surface area (Å²) in [5, 5.41) is 2.88. The van der Waals surface area contributed by atoms with Gasteiger partial charge in [0.25, 0.3) is 0 Å². The van der Waals surface area contributed by atoms with Gasteiger partial charge in [-0.2, -0.15) is 0 Å². The highest BCUT2D eigenvalue weighted by molar-refractivity contribution is 6.02. The molecule has 1 N–H and O–H groups in total. The van der Waals surface area contributed by atoms with Gasteiger partial charge in [0.1, 0.15) is 19.0 Å². The summed E-state index contributed by atoms with van der Waals surface area (Å²) in [4.78, 5) is 12.2. The van der Waals surface area contributed by atoms with Crippen LogP contribution >= 0.6 is 0 Å². The zero-order valence-electron chi connectivity index (χ0n) is 17.8. The van der Waals surface area contributed by atoms with E-state index in [2.05, 4.69) is 5.32 Å². The number of hydrogen-bond donors (Lipinski definition) is 1. The van der Waals surface area contributed by atoms with Crippen molar-refractivity contribution in [3.63, 3.8) is 0 Å². The lowest BCUT2D eigenvalue weighted by Crippen LogP contribution is -2.10. The molecule has 5 heteroatoms. The molecular formula is C26H27NO4. The summed E-state index contributed by atoms with van der Waals surface area (Å²) in [6.45, 7) is 5.20. The third-order valence-electron chi connectivity index (χ3n) is 4.45. The second-order valence-electron chi connectivity index (χ2n) is 6.79. The maximum atomic E-state index is 12.2. The van der Waals surface area contributed by atoms with Gasteiger partial charge in [0.2, 0.25) is 5.91 Å². The Morgan fingerprint density at radius 2 is 1.61 bits per heavy atom. The number of benzene rings is 3. The number of nitrogens with one attached hydrogen (secondary N) is 1. The van der Waals surface area contributed by atoms with Crippen LogP contribution in [0.3, 0.4) is 0 Å². The van der Waals surface area contributed by atoms with Crippen LogP contribution in [0.1, 0.15) is 18.1 Å². The Labute approximate surface area is 183 Å². The Bertz CT molecular complexity index is 1010. The highest BCUT2D eigenvalue weighted by atomic mass is 16.5. The van der Waals surface area contributed by atoms with Crippen LogP contribution in [-0.2, 0) is 4.79 Å². The summed E-state index contributed by atoms with van der Waals surface area (Å²) in [7, 11) is 0. The number of para-hydroxylation sites is 2. The SMILES string of the molecule is CCOc1cc(/C=C/C(=O)Nc2ccccc2C)ccc1OCCOc1ccccc1. The van der Waals surface area contributed by atoms with Crippen molar-refractivity contribution < 1.29 is 19.0 Å². The molecule has 0 heterocycles. The molecule has 0 radical (unpaired) electrons. The number of amides is 1. The van der Waals surface area contributed by atoms with E-state index in [4.69, 9.17) is 14.2 Å². The van der Waals surface area contributed by atoms with Gasteiger partial charge in [-0.1, -0.05) is 42.5 Å². The second-order valence-corrected chi connectivity index (χ2v) is 6.79. The highest BCUT2D eigenvalue weighted by Gasteiger charge is 2.07. The van der Waals surface area contributed by atoms with E-state index in [1.54, 1.807) is 6.08 Å². The van der Waals surface area contributed by atoms with Gasteiger partial charge in [0, 0.05) is 11.8 Å². The molecule has 0 aliphatic heterocycles. The lowest BCUT2D eigenvalue weighted by Gasteiger charge is -2.13. The lowest BCUT2D eigenvalue weighted by molar-refractivity contribution is -0.111. The minimum absolute atomic E-state index is 0.189. The fourth-order valence-corrected chi connectivity index (χ4v) is 2.90. The zero-order chi connectivity index (χ0) is 21.9. The summed E-state index contributed by atoms with van der Waals surface area (Å²) in [5.74, 6) is 1.88. The van der Waals surface area contributed by atoms with Crippen LogP contribution in [0, 0.1) is 6.92 Å². The predicted octanol–water partition coefficient (Wildman–Crippen LogP) is 5.50. The van der Waals surface area contributed by atoms with Crippen LogP contribution in [0.25, 0.3) is 6.08 Å². The number of carbonyl (C=O) groups excluding carboxylic acids is 1. The fourth-order valence-electron chi connectivity index (χ4n) is 2.90. The first-order valence-corrected chi connectivity index (χ1v) is 10.3. The molecule has 0 spiro atoms. The predicted molar refractivity (Wildman–Crippen MR) is 124 cm³/mol. The molecule has 3 aromatic rings. The normalized spacial score (nSPS) is 10.6. The van der Waals surface area contributed by atoms with Crippen molar-refractivity contribution in [2.75, 3.05) is 25.1 Å². The molecule has 0 atom stereocenters. The topological polar surface area (TPSA) is 56.8 Å². The smallest absolute Gasteiger partial charge is 0.248 e. The average Bonchev–Trinajstić information content (AvgIpc) is 2.79. The molecule has 0 unspecified atom stereocenters. The van der Waals surface area contributed by atoms with E-state index >= 15 is 0 Å². The van der Waals surface area contributed by atoms with Crippen molar-refractivity contribution in [3.05, 3.63) is 90.0 Å². The van der Waals surface area contributed by atoms with E-state index in [0.717, 1.165) is 22.6 Å². The molecule has 5 nitrogen and oxygen atoms in total. The first kappa shape index (κ1) is 22.0. The Hall–Kier alpha value is -3.73. The van der Waals surface area contributed by atoms with Gasteiger partial charge in [0.15, 0.2) is 11.5 Å². The van der Waals surface area contributed by atoms with Gasteiger partial charge >= 0.3 is 0 Å². The third kappa shape index (κ3) is 6.93. The molecule has 3 aromatic carbocycles. The van der Waals surface area contributed by atoms with E-state index in [0.29, 0.717) is 31.3 Å². The Morgan fingerprint density at radius 1 is 0.871 bits per heavy atom. The van der Waals surface area contributed by atoms with Gasteiger partial charge in [-0.3, -0.25) is 4.79 Å². The first-order chi connectivity index (χ1) is 15.2. The van der Waals surface area contributed by atoms with E-state index in [-0.39, 0.29) is 5.91 Å². The van der Waals surface area contributed by atoms with Crippen LogP contribution in [0.2, 0.25) is 0 Å². The minimum Gasteiger partial charge on any atom is -0.490 e. The number of ether oxygens (including phenoxy) is 3. The van der Waals surface area contributed by atoms with Gasteiger partial charge in [-0.05, 0) is 61.4 Å². The zero-order valence-corrected chi connectivity index (χ0v) is 17.8. The largest absolute Gasteiger partial charge is 0.490 e. The number of hydrogen-bond acceptors (Lipinski definition) is 4. The van der Waals surface area contributed by atoms with E-state index in [1.807, 2.05) is 86.6 Å². The van der Waals surface area contributed by atoms with Crippen LogP contribution in [0.5, 0.6) is 17.2 Å². The average molecular weight is 418 g/mol. The van der Waals surface area contributed by atoms with Crippen LogP contribution < -0.4 is 19.5 Å². The highest BCUT2D eigenvalue weighted by Crippen LogP contribution is 2.29. The molecule has 1 amide bonds. The maximum absolute atomic E-state index is 12.2. The first-order valence-electron chi connectivity index (χ1n) is 10.3. The van der Waals surface area contributed by atoms with Crippen molar-refractivity contribution in [3.8, 4) is 17.2 Å². The van der Waals surface area contributed by atoms with Crippen molar-refractivity contribution in [1.29, 1.82) is 0 Å². The minimum atomic E-state index is -0.189. The van der Waals surface area contributed by atoms with Crippen molar-refractivity contribution in [1.82, 2.24) is 0 Å². The van der Waals surface area contributed by atoms with Gasteiger partial charge in [-0.25, -0.2) is 0 Å². The third-order valence-corrected chi connectivity index (χ3v) is 4.45. The van der Waals surface area contributed by atoms with E-state index < -0.39 is 0 Å². The number of rotatable bonds is 10. The standard InChI is InChI=1S/C26H27NO4/c1-3-29-25-19-21(14-16-26(28)27-23-12-8-7-9-20(23)2)13-15-24(25)31-18-17-30-22-10-5-4-6-11-22/h4-16,19H,3,17-18H2,1-2H3,(H,27,28)/b16-14+. The number of carbonyl (C=O) groups is 1. The van der Waals surface area contributed by atoms with E-state index in [9.17, 15) is 4.79 Å². The summed E-state index contributed by atoms with van der Waals surface area (Å²) >= 11 is 0.